The fourth-order valence-corrected chi connectivity index (χ4v) is 1.44. The Morgan fingerprint density at radius 3 is 2.69 bits per heavy atom. The molecular formula is C13H18O3. The van der Waals surface area contributed by atoms with Crippen LogP contribution < -0.4 is 4.74 Å². The molecule has 88 valence electrons. The maximum atomic E-state index is 5.55. The molecule has 0 bridgehead atoms. The molecule has 1 saturated heterocycles. The Hall–Kier alpha value is -1.06. The molecule has 3 nitrogen and oxygen atoms in total. The molecule has 1 atom stereocenters. The minimum atomic E-state index is 0.317. The van der Waals surface area contributed by atoms with Crippen LogP contribution in [0, 0.1) is 0 Å². The van der Waals surface area contributed by atoms with Crippen LogP contribution in [0.5, 0.6) is 5.75 Å². The number of benzene rings is 1. The van der Waals surface area contributed by atoms with Crippen molar-refractivity contribution in [2.75, 3.05) is 26.4 Å². The molecule has 0 saturated carbocycles. The van der Waals surface area contributed by atoms with Gasteiger partial charge in [-0.15, -0.1) is 0 Å². The Morgan fingerprint density at radius 1 is 1.31 bits per heavy atom. The quantitative estimate of drug-likeness (QED) is 0.522. The average Bonchev–Trinajstić information content (AvgIpc) is 3.12. The Labute approximate surface area is 96.3 Å². The van der Waals surface area contributed by atoms with Gasteiger partial charge in [-0.3, -0.25) is 0 Å². The van der Waals surface area contributed by atoms with Crippen molar-refractivity contribution in [3.63, 3.8) is 0 Å². The minimum absolute atomic E-state index is 0.317. The Kier molecular flexibility index (Phi) is 4.19. The number of ether oxygens (including phenoxy) is 3. The first kappa shape index (κ1) is 11.4. The zero-order chi connectivity index (χ0) is 11.2. The summed E-state index contributed by atoms with van der Waals surface area (Å²) in [6.45, 7) is 5.08. The van der Waals surface area contributed by atoms with Crippen LogP contribution in [0.3, 0.4) is 0 Å². The number of hydrogen-bond donors (Lipinski definition) is 0. The number of epoxide rings is 1. The first-order valence-corrected chi connectivity index (χ1v) is 5.79. The molecule has 1 aromatic carbocycles. The van der Waals surface area contributed by atoms with E-state index in [-0.39, 0.29) is 0 Å². The molecule has 1 unspecified atom stereocenters. The summed E-state index contributed by atoms with van der Waals surface area (Å²) >= 11 is 0. The summed E-state index contributed by atoms with van der Waals surface area (Å²) in [5.41, 5.74) is 1.28. The van der Waals surface area contributed by atoms with Crippen molar-refractivity contribution in [2.45, 2.75) is 19.4 Å². The Morgan fingerprint density at radius 2 is 2.06 bits per heavy atom. The molecule has 2 rings (SSSR count). The molecule has 0 N–H and O–H groups in total. The summed E-state index contributed by atoms with van der Waals surface area (Å²) in [4.78, 5) is 0. The van der Waals surface area contributed by atoms with Gasteiger partial charge in [-0.1, -0.05) is 12.1 Å². The first-order valence-electron chi connectivity index (χ1n) is 5.79. The lowest BCUT2D eigenvalue weighted by Crippen LogP contribution is -2.04. The Balaban J connectivity index is 1.74. The fraction of sp³-hybridized carbons (Fsp3) is 0.538. The summed E-state index contributed by atoms with van der Waals surface area (Å²) in [5, 5.41) is 0. The standard InChI is InChI=1S/C13H18O3/c1-2-14-8-7-11-3-5-12(6-4-11)15-9-13-10-16-13/h3-6,13H,2,7-10H2,1H3. The molecule has 1 aliphatic rings. The van der Waals surface area contributed by atoms with Gasteiger partial charge in [0.2, 0.25) is 0 Å². The van der Waals surface area contributed by atoms with Crippen molar-refractivity contribution < 1.29 is 14.2 Å². The van der Waals surface area contributed by atoms with Gasteiger partial charge >= 0.3 is 0 Å². The molecule has 1 fully saturated rings. The van der Waals surface area contributed by atoms with Crippen molar-refractivity contribution in [1.29, 1.82) is 0 Å². The van der Waals surface area contributed by atoms with Gasteiger partial charge in [-0.25, -0.2) is 0 Å². The molecule has 0 amide bonds. The van der Waals surface area contributed by atoms with Crippen LogP contribution in [-0.2, 0) is 15.9 Å². The van der Waals surface area contributed by atoms with Crippen molar-refractivity contribution in [1.82, 2.24) is 0 Å². The highest BCUT2D eigenvalue weighted by Crippen LogP contribution is 2.16. The second-order valence-electron chi connectivity index (χ2n) is 3.86. The van der Waals surface area contributed by atoms with Crippen LogP contribution in [0.1, 0.15) is 12.5 Å². The van der Waals surface area contributed by atoms with E-state index in [9.17, 15) is 0 Å². The van der Waals surface area contributed by atoms with Crippen LogP contribution in [0.4, 0.5) is 0 Å². The molecular weight excluding hydrogens is 204 g/mol. The highest BCUT2D eigenvalue weighted by atomic mass is 16.6. The third-order valence-electron chi connectivity index (χ3n) is 2.50. The number of hydrogen-bond acceptors (Lipinski definition) is 3. The van der Waals surface area contributed by atoms with E-state index >= 15 is 0 Å². The lowest BCUT2D eigenvalue weighted by atomic mass is 10.1. The molecule has 3 heteroatoms. The van der Waals surface area contributed by atoms with Gasteiger partial charge in [0.15, 0.2) is 0 Å². The monoisotopic (exact) mass is 222 g/mol. The molecule has 0 spiro atoms. The van der Waals surface area contributed by atoms with Gasteiger partial charge in [0.25, 0.3) is 0 Å². The van der Waals surface area contributed by atoms with E-state index < -0.39 is 0 Å². The SMILES string of the molecule is CCOCCc1ccc(OCC2CO2)cc1. The number of rotatable bonds is 7. The minimum Gasteiger partial charge on any atom is -0.491 e. The first-order chi connectivity index (χ1) is 7.88. The molecule has 0 radical (unpaired) electrons. The smallest absolute Gasteiger partial charge is 0.119 e. The topological polar surface area (TPSA) is 31.0 Å². The summed E-state index contributed by atoms with van der Waals surface area (Å²) in [5.74, 6) is 0.913. The predicted molar refractivity (Wildman–Crippen MR) is 61.9 cm³/mol. The largest absolute Gasteiger partial charge is 0.491 e. The van der Waals surface area contributed by atoms with Crippen LogP contribution in [0.15, 0.2) is 24.3 Å². The highest BCUT2D eigenvalue weighted by molar-refractivity contribution is 5.27. The van der Waals surface area contributed by atoms with Crippen molar-refractivity contribution in [3.05, 3.63) is 29.8 Å². The van der Waals surface area contributed by atoms with Crippen LogP contribution >= 0.6 is 0 Å². The summed E-state index contributed by atoms with van der Waals surface area (Å²) in [6, 6.07) is 8.18. The Bertz CT molecular complexity index is 303. The summed E-state index contributed by atoms with van der Waals surface area (Å²) < 4.78 is 15.9. The van der Waals surface area contributed by atoms with Crippen LogP contribution in [0.25, 0.3) is 0 Å². The van der Waals surface area contributed by atoms with Gasteiger partial charge < -0.3 is 14.2 Å². The molecule has 0 aromatic heterocycles. The third-order valence-corrected chi connectivity index (χ3v) is 2.50. The highest BCUT2D eigenvalue weighted by Gasteiger charge is 2.22. The second-order valence-corrected chi connectivity index (χ2v) is 3.86. The van der Waals surface area contributed by atoms with Crippen molar-refractivity contribution in [3.8, 4) is 5.75 Å². The van der Waals surface area contributed by atoms with Crippen molar-refractivity contribution in [2.24, 2.45) is 0 Å². The normalized spacial score (nSPS) is 18.4. The lowest BCUT2D eigenvalue weighted by Gasteiger charge is -2.05. The van der Waals surface area contributed by atoms with Gasteiger partial charge in [0.05, 0.1) is 13.2 Å². The summed E-state index contributed by atoms with van der Waals surface area (Å²) in [7, 11) is 0. The van der Waals surface area contributed by atoms with E-state index in [2.05, 4.69) is 12.1 Å². The lowest BCUT2D eigenvalue weighted by molar-refractivity contribution is 0.151. The van der Waals surface area contributed by atoms with Gasteiger partial charge in [0, 0.05) is 6.61 Å². The van der Waals surface area contributed by atoms with Crippen LogP contribution in [-0.4, -0.2) is 32.5 Å². The van der Waals surface area contributed by atoms with Gasteiger partial charge in [-0.05, 0) is 31.0 Å². The maximum Gasteiger partial charge on any atom is 0.119 e. The van der Waals surface area contributed by atoms with E-state index in [4.69, 9.17) is 14.2 Å². The third kappa shape index (κ3) is 3.83. The van der Waals surface area contributed by atoms with E-state index in [1.54, 1.807) is 0 Å². The predicted octanol–water partition coefficient (Wildman–Crippen LogP) is 2.04. The maximum absolute atomic E-state index is 5.55. The zero-order valence-corrected chi connectivity index (χ0v) is 9.65. The molecule has 1 heterocycles. The van der Waals surface area contributed by atoms with E-state index in [0.29, 0.717) is 12.7 Å². The fourth-order valence-electron chi connectivity index (χ4n) is 1.44. The summed E-state index contributed by atoms with van der Waals surface area (Å²) in [6.07, 6.45) is 1.28. The molecule has 1 aliphatic heterocycles. The van der Waals surface area contributed by atoms with Crippen molar-refractivity contribution >= 4 is 0 Å². The van der Waals surface area contributed by atoms with Gasteiger partial charge in [-0.2, -0.15) is 0 Å². The van der Waals surface area contributed by atoms with Crippen LogP contribution in [0.2, 0.25) is 0 Å². The van der Waals surface area contributed by atoms with E-state index in [1.807, 2.05) is 19.1 Å². The second kappa shape index (κ2) is 5.87. The molecule has 0 aliphatic carbocycles. The average molecular weight is 222 g/mol. The zero-order valence-electron chi connectivity index (χ0n) is 9.65. The van der Waals surface area contributed by atoms with E-state index in [0.717, 1.165) is 32.0 Å². The van der Waals surface area contributed by atoms with E-state index in [1.165, 1.54) is 5.56 Å². The molecule has 1 aromatic rings. The van der Waals surface area contributed by atoms with Gasteiger partial charge in [0.1, 0.15) is 18.5 Å². The molecule has 16 heavy (non-hydrogen) atoms.